The van der Waals surface area contributed by atoms with Gasteiger partial charge in [-0.25, -0.2) is 0 Å². The molecule has 160 valence electrons. The maximum atomic E-state index is 2.89. The van der Waals surface area contributed by atoms with E-state index in [9.17, 15) is 0 Å². The molecule has 0 N–H and O–H groups in total. The SMILES string of the molecule is CCCCC(CC)CN(CC(CC)CCCC)CC(CC)CCCC.F. The predicted molar refractivity (Wildman–Crippen MR) is 119 cm³/mol. The molecule has 0 aromatic rings. The van der Waals surface area contributed by atoms with Gasteiger partial charge in [0.05, 0.1) is 0 Å². The summed E-state index contributed by atoms with van der Waals surface area (Å²) in [5.74, 6) is 2.73. The van der Waals surface area contributed by atoms with Gasteiger partial charge in [-0.15, -0.1) is 0 Å². The fraction of sp³-hybridized carbons (Fsp3) is 1.00. The first-order chi connectivity index (χ1) is 12.1. The molecule has 0 aromatic carbocycles. The van der Waals surface area contributed by atoms with Crippen LogP contribution in [0.2, 0.25) is 0 Å². The van der Waals surface area contributed by atoms with Crippen LogP contribution in [-0.4, -0.2) is 24.5 Å². The third-order valence-electron chi connectivity index (χ3n) is 6.18. The maximum Gasteiger partial charge on any atom is 0.000979 e. The van der Waals surface area contributed by atoms with Crippen LogP contribution in [0.1, 0.15) is 119 Å². The lowest BCUT2D eigenvalue weighted by atomic mass is 9.93. The highest BCUT2D eigenvalue weighted by Crippen LogP contribution is 2.22. The van der Waals surface area contributed by atoms with E-state index in [0.29, 0.717) is 0 Å². The lowest BCUT2D eigenvalue weighted by Crippen LogP contribution is -2.37. The Kier molecular flexibility index (Phi) is 21.2. The van der Waals surface area contributed by atoms with Crippen molar-refractivity contribution in [3.63, 3.8) is 0 Å². The van der Waals surface area contributed by atoms with Gasteiger partial charge in [-0.1, -0.05) is 99.3 Å². The van der Waals surface area contributed by atoms with Crippen LogP contribution in [0.25, 0.3) is 0 Å². The van der Waals surface area contributed by atoms with E-state index in [0.717, 1.165) is 17.8 Å². The fourth-order valence-electron chi connectivity index (χ4n) is 4.07. The Hall–Kier alpha value is -0.110. The maximum absolute atomic E-state index is 2.89. The van der Waals surface area contributed by atoms with E-state index in [4.69, 9.17) is 0 Å². The Balaban J connectivity index is 0. The van der Waals surface area contributed by atoms with E-state index < -0.39 is 0 Å². The monoisotopic (exact) mass is 373 g/mol. The molecular formula is C24H52FN. The van der Waals surface area contributed by atoms with Crippen molar-refractivity contribution in [1.82, 2.24) is 4.90 Å². The number of halogens is 1. The molecule has 0 heterocycles. The molecule has 0 aliphatic rings. The van der Waals surface area contributed by atoms with E-state index in [1.54, 1.807) is 0 Å². The van der Waals surface area contributed by atoms with Crippen molar-refractivity contribution < 1.29 is 4.70 Å². The second-order valence-electron chi connectivity index (χ2n) is 8.47. The number of rotatable bonds is 18. The molecule has 0 bridgehead atoms. The van der Waals surface area contributed by atoms with Crippen molar-refractivity contribution in [1.29, 1.82) is 0 Å². The summed E-state index contributed by atoms with van der Waals surface area (Å²) in [7, 11) is 0. The van der Waals surface area contributed by atoms with Crippen molar-refractivity contribution in [3.05, 3.63) is 0 Å². The molecule has 0 fully saturated rings. The summed E-state index contributed by atoms with van der Waals surface area (Å²) in [6, 6.07) is 0. The van der Waals surface area contributed by atoms with E-state index in [1.165, 1.54) is 96.7 Å². The zero-order valence-corrected chi connectivity index (χ0v) is 19.2. The van der Waals surface area contributed by atoms with Crippen LogP contribution in [0.5, 0.6) is 0 Å². The number of hydrogen-bond acceptors (Lipinski definition) is 1. The van der Waals surface area contributed by atoms with Crippen molar-refractivity contribution in [2.75, 3.05) is 19.6 Å². The smallest absolute Gasteiger partial charge is 0.000979 e. The minimum atomic E-state index is 0. The van der Waals surface area contributed by atoms with Crippen LogP contribution in [0, 0.1) is 17.8 Å². The average Bonchev–Trinajstić information content (AvgIpc) is 2.64. The summed E-state index contributed by atoms with van der Waals surface area (Å²) in [5.41, 5.74) is 0. The van der Waals surface area contributed by atoms with E-state index in [1.807, 2.05) is 0 Å². The molecule has 26 heavy (non-hydrogen) atoms. The molecule has 3 atom stereocenters. The van der Waals surface area contributed by atoms with Gasteiger partial charge in [0.1, 0.15) is 0 Å². The summed E-state index contributed by atoms with van der Waals surface area (Å²) in [6.45, 7) is 18.3. The van der Waals surface area contributed by atoms with Gasteiger partial charge >= 0.3 is 0 Å². The first-order valence-electron chi connectivity index (χ1n) is 11.9. The van der Waals surface area contributed by atoms with Gasteiger partial charge in [-0.05, 0) is 37.0 Å². The summed E-state index contributed by atoms with van der Waals surface area (Å²) in [6.07, 6.45) is 16.6. The number of unbranched alkanes of at least 4 members (excludes halogenated alkanes) is 3. The van der Waals surface area contributed by atoms with Gasteiger partial charge in [0.15, 0.2) is 0 Å². The van der Waals surface area contributed by atoms with Gasteiger partial charge in [0, 0.05) is 19.6 Å². The lowest BCUT2D eigenvalue weighted by Gasteiger charge is -2.33. The first-order valence-corrected chi connectivity index (χ1v) is 11.9. The molecule has 0 aromatic heterocycles. The van der Waals surface area contributed by atoms with Gasteiger partial charge in [0.2, 0.25) is 0 Å². The minimum Gasteiger partial charge on any atom is -0.303 e. The standard InChI is InChI=1S/C24H51N.FH/c1-7-13-16-22(10-4)19-25(20-23(11-5)17-14-8-2)21-24(12-6)18-15-9-3;/h22-24H,7-21H2,1-6H3;1H. The van der Waals surface area contributed by atoms with Crippen LogP contribution < -0.4 is 0 Å². The van der Waals surface area contributed by atoms with Crippen LogP contribution in [0.3, 0.4) is 0 Å². The third kappa shape index (κ3) is 14.0. The van der Waals surface area contributed by atoms with Crippen molar-refractivity contribution in [2.24, 2.45) is 17.8 Å². The summed E-state index contributed by atoms with van der Waals surface area (Å²) >= 11 is 0. The summed E-state index contributed by atoms with van der Waals surface area (Å²) in [4.78, 5) is 2.89. The molecule has 0 saturated carbocycles. The van der Waals surface area contributed by atoms with Crippen LogP contribution in [-0.2, 0) is 0 Å². The second kappa shape index (κ2) is 19.6. The quantitative estimate of drug-likeness (QED) is 0.234. The first kappa shape index (κ1) is 28.1. The molecule has 0 aliphatic carbocycles. The molecule has 3 unspecified atom stereocenters. The van der Waals surface area contributed by atoms with E-state index >= 15 is 0 Å². The highest BCUT2D eigenvalue weighted by atomic mass is 19.0. The molecule has 0 rings (SSSR count). The Morgan fingerprint density at radius 1 is 0.500 bits per heavy atom. The second-order valence-corrected chi connectivity index (χ2v) is 8.47. The number of nitrogens with zero attached hydrogens (tertiary/aromatic N) is 1. The molecule has 1 nitrogen and oxygen atoms in total. The molecule has 0 saturated heterocycles. The van der Waals surface area contributed by atoms with Crippen molar-refractivity contribution in [2.45, 2.75) is 119 Å². The Morgan fingerprint density at radius 2 is 0.769 bits per heavy atom. The largest absolute Gasteiger partial charge is 0.303 e. The Labute approximate surface area is 166 Å². The molecular weight excluding hydrogens is 321 g/mol. The Bertz CT molecular complexity index is 226. The van der Waals surface area contributed by atoms with Crippen LogP contribution in [0.15, 0.2) is 0 Å². The third-order valence-corrected chi connectivity index (χ3v) is 6.18. The normalized spacial score (nSPS) is 14.9. The Morgan fingerprint density at radius 3 is 0.962 bits per heavy atom. The minimum absolute atomic E-state index is 0. The zero-order valence-electron chi connectivity index (χ0n) is 19.2. The predicted octanol–water partition coefficient (Wildman–Crippen LogP) is 8.09. The van der Waals surface area contributed by atoms with E-state index in [-0.39, 0.29) is 4.70 Å². The highest BCUT2D eigenvalue weighted by molar-refractivity contribution is 4.73. The zero-order chi connectivity index (χ0) is 18.9. The summed E-state index contributed by atoms with van der Waals surface area (Å²) < 4.78 is 0. The molecule has 2 heteroatoms. The van der Waals surface area contributed by atoms with Gasteiger partial charge in [-0.2, -0.15) is 0 Å². The highest BCUT2D eigenvalue weighted by Gasteiger charge is 2.19. The molecule has 0 spiro atoms. The fourth-order valence-corrected chi connectivity index (χ4v) is 4.07. The average molecular weight is 374 g/mol. The van der Waals surface area contributed by atoms with Gasteiger partial charge < -0.3 is 4.90 Å². The lowest BCUT2D eigenvalue weighted by molar-refractivity contribution is 0.152. The van der Waals surface area contributed by atoms with E-state index in [2.05, 4.69) is 46.4 Å². The molecule has 0 radical (unpaired) electrons. The summed E-state index contributed by atoms with van der Waals surface area (Å²) in [5, 5.41) is 0. The molecule has 0 aliphatic heterocycles. The van der Waals surface area contributed by atoms with Gasteiger partial charge in [-0.3, -0.25) is 4.70 Å². The molecule has 0 amide bonds. The number of hydrogen-bond donors (Lipinski definition) is 0. The van der Waals surface area contributed by atoms with Crippen molar-refractivity contribution in [3.8, 4) is 0 Å². The van der Waals surface area contributed by atoms with Crippen LogP contribution >= 0.6 is 0 Å². The van der Waals surface area contributed by atoms with Crippen LogP contribution in [0.4, 0.5) is 4.70 Å². The van der Waals surface area contributed by atoms with Gasteiger partial charge in [0.25, 0.3) is 0 Å². The van der Waals surface area contributed by atoms with Crippen molar-refractivity contribution >= 4 is 0 Å². The topological polar surface area (TPSA) is 3.24 Å².